The van der Waals surface area contributed by atoms with Gasteiger partial charge in [0.1, 0.15) is 0 Å². The standard InChI is InChI=1S/C10H22.C9H11NO2.Na/c1-3-5-7-9-10-8-6-4-2;10-8(9(11)12)6-7-4-2-1-3-5-7;/h3-10H2,1-2H3;1-5,8H,6,10H2,(H,11,12);/q;;+1/p-1/t;8-;/m.0./s1. The Balaban J connectivity index is 0. The molecule has 0 heterocycles. The average molecular weight is 329 g/mol. The molecule has 0 radical (unpaired) electrons. The van der Waals surface area contributed by atoms with Crippen LogP contribution in [0, 0.1) is 0 Å². The Hall–Kier alpha value is -0.350. The second kappa shape index (κ2) is 18.0. The van der Waals surface area contributed by atoms with E-state index in [1.807, 2.05) is 30.3 Å². The van der Waals surface area contributed by atoms with E-state index >= 15 is 0 Å². The van der Waals surface area contributed by atoms with Crippen molar-refractivity contribution in [3.8, 4) is 0 Å². The van der Waals surface area contributed by atoms with Gasteiger partial charge >= 0.3 is 29.6 Å². The number of nitrogens with two attached hydrogens (primary N) is 1. The molecule has 1 atom stereocenters. The van der Waals surface area contributed by atoms with E-state index in [1.54, 1.807) is 0 Å². The van der Waals surface area contributed by atoms with Crippen LogP contribution in [0.5, 0.6) is 0 Å². The smallest absolute Gasteiger partial charge is 0.548 e. The largest absolute Gasteiger partial charge is 1.00 e. The topological polar surface area (TPSA) is 66.2 Å². The molecule has 3 nitrogen and oxygen atoms in total. The van der Waals surface area contributed by atoms with Crippen molar-refractivity contribution in [3.05, 3.63) is 35.9 Å². The van der Waals surface area contributed by atoms with Gasteiger partial charge in [-0.1, -0.05) is 95.5 Å². The third-order valence-corrected chi connectivity index (χ3v) is 3.56. The van der Waals surface area contributed by atoms with Gasteiger partial charge in [-0.3, -0.25) is 0 Å². The van der Waals surface area contributed by atoms with Crippen LogP contribution in [-0.2, 0) is 11.2 Å². The number of unbranched alkanes of at least 4 members (excludes halogenated alkanes) is 7. The van der Waals surface area contributed by atoms with Crippen molar-refractivity contribution in [3.63, 3.8) is 0 Å². The number of carboxylic acid groups (broad SMARTS) is 1. The van der Waals surface area contributed by atoms with E-state index in [1.165, 1.54) is 51.4 Å². The van der Waals surface area contributed by atoms with Gasteiger partial charge in [-0.25, -0.2) is 0 Å². The van der Waals surface area contributed by atoms with Gasteiger partial charge in [0.15, 0.2) is 0 Å². The first-order valence-corrected chi connectivity index (χ1v) is 8.62. The number of benzene rings is 1. The number of hydrogen-bond donors (Lipinski definition) is 1. The number of hydrogen-bond acceptors (Lipinski definition) is 3. The van der Waals surface area contributed by atoms with Gasteiger partial charge in [0, 0.05) is 6.04 Å². The molecule has 0 aliphatic rings. The molecule has 0 bridgehead atoms. The zero-order valence-corrected chi connectivity index (χ0v) is 17.2. The van der Waals surface area contributed by atoms with Crippen LogP contribution in [0.15, 0.2) is 30.3 Å². The molecule has 23 heavy (non-hydrogen) atoms. The predicted molar refractivity (Wildman–Crippen MR) is 91.4 cm³/mol. The first-order valence-electron chi connectivity index (χ1n) is 8.62. The van der Waals surface area contributed by atoms with Crippen LogP contribution in [0.2, 0.25) is 0 Å². The Morgan fingerprint density at radius 2 is 1.39 bits per heavy atom. The maximum Gasteiger partial charge on any atom is 1.00 e. The number of carbonyl (C=O) groups is 1. The molecule has 1 aromatic carbocycles. The monoisotopic (exact) mass is 329 g/mol. The molecule has 0 amide bonds. The second-order valence-corrected chi connectivity index (χ2v) is 5.74. The normalized spacial score (nSPS) is 10.9. The van der Waals surface area contributed by atoms with Crippen LogP contribution in [0.3, 0.4) is 0 Å². The molecule has 0 aliphatic heterocycles. The van der Waals surface area contributed by atoms with Gasteiger partial charge in [-0.15, -0.1) is 0 Å². The molecule has 0 unspecified atom stereocenters. The Kier molecular flexibility index (Phi) is 19.5. The summed E-state index contributed by atoms with van der Waals surface area (Å²) in [5.74, 6) is -1.21. The van der Waals surface area contributed by atoms with Crippen molar-refractivity contribution in [2.75, 3.05) is 0 Å². The van der Waals surface area contributed by atoms with E-state index in [-0.39, 0.29) is 29.6 Å². The van der Waals surface area contributed by atoms with Crippen molar-refractivity contribution in [1.29, 1.82) is 0 Å². The van der Waals surface area contributed by atoms with Crippen molar-refractivity contribution >= 4 is 5.97 Å². The number of carboxylic acids is 1. The molecule has 1 rings (SSSR count). The summed E-state index contributed by atoms with van der Waals surface area (Å²) in [6.45, 7) is 4.54. The van der Waals surface area contributed by atoms with Gasteiger partial charge in [-0.2, -0.15) is 0 Å². The molecule has 126 valence electrons. The van der Waals surface area contributed by atoms with Crippen molar-refractivity contribution in [2.24, 2.45) is 5.73 Å². The minimum absolute atomic E-state index is 0. The molecule has 2 N–H and O–H groups in total. The SMILES string of the molecule is CCCCCCCCCC.N[C@@H](Cc1ccccc1)C(=O)[O-].[Na+]. The van der Waals surface area contributed by atoms with Gasteiger partial charge in [0.05, 0.1) is 5.97 Å². The second-order valence-electron chi connectivity index (χ2n) is 5.74. The quantitative estimate of drug-likeness (QED) is 0.501. The maximum atomic E-state index is 10.3. The number of aliphatic carboxylic acids is 1. The minimum atomic E-state index is -1.21. The van der Waals surface area contributed by atoms with Crippen molar-refractivity contribution in [2.45, 2.75) is 77.7 Å². The molecule has 0 fully saturated rings. The summed E-state index contributed by atoms with van der Waals surface area (Å²) in [5, 5.41) is 10.3. The Morgan fingerprint density at radius 3 is 1.78 bits per heavy atom. The van der Waals surface area contributed by atoms with Gasteiger partial charge in [0.25, 0.3) is 0 Å². The van der Waals surface area contributed by atoms with E-state index in [0.29, 0.717) is 6.42 Å². The van der Waals surface area contributed by atoms with Gasteiger partial charge in [0.2, 0.25) is 0 Å². The van der Waals surface area contributed by atoms with Crippen LogP contribution in [-0.4, -0.2) is 12.0 Å². The van der Waals surface area contributed by atoms with E-state index in [0.717, 1.165) is 5.56 Å². The zero-order valence-electron chi connectivity index (χ0n) is 15.2. The van der Waals surface area contributed by atoms with Gasteiger partial charge < -0.3 is 15.6 Å². The summed E-state index contributed by atoms with van der Waals surface area (Å²) in [7, 11) is 0. The fraction of sp³-hybridized carbons (Fsp3) is 0.632. The maximum absolute atomic E-state index is 10.3. The summed E-state index contributed by atoms with van der Waals surface area (Å²) in [6.07, 6.45) is 11.8. The molecule has 1 aromatic rings. The molecule has 0 saturated carbocycles. The van der Waals surface area contributed by atoms with E-state index in [4.69, 9.17) is 5.73 Å². The molecule has 0 spiro atoms. The van der Waals surface area contributed by atoms with E-state index < -0.39 is 12.0 Å². The Bertz CT molecular complexity index is 363. The average Bonchev–Trinajstić information content (AvgIpc) is 2.52. The van der Waals surface area contributed by atoms with E-state index in [9.17, 15) is 9.90 Å². The Labute approximate surface area is 164 Å². The van der Waals surface area contributed by atoms with Crippen LogP contribution in [0.1, 0.15) is 70.8 Å². The summed E-state index contributed by atoms with van der Waals surface area (Å²) in [6, 6.07) is 8.32. The van der Waals surface area contributed by atoms with Gasteiger partial charge in [-0.05, 0) is 12.0 Å². The zero-order chi connectivity index (χ0) is 16.6. The molecule has 0 saturated heterocycles. The van der Waals surface area contributed by atoms with Crippen LogP contribution >= 0.6 is 0 Å². The van der Waals surface area contributed by atoms with Crippen molar-refractivity contribution in [1.82, 2.24) is 0 Å². The number of rotatable bonds is 10. The summed E-state index contributed by atoms with van der Waals surface area (Å²) in [5.41, 5.74) is 6.20. The first-order chi connectivity index (χ1) is 10.6. The fourth-order valence-corrected chi connectivity index (χ4v) is 2.16. The van der Waals surface area contributed by atoms with E-state index in [2.05, 4.69) is 13.8 Å². The molecular weight excluding hydrogens is 297 g/mol. The Morgan fingerprint density at radius 1 is 0.957 bits per heavy atom. The van der Waals surface area contributed by atoms with Crippen LogP contribution < -0.4 is 40.4 Å². The first kappa shape index (κ1) is 24.9. The van der Waals surface area contributed by atoms with Crippen LogP contribution in [0.4, 0.5) is 0 Å². The summed E-state index contributed by atoms with van der Waals surface area (Å²) >= 11 is 0. The third-order valence-electron chi connectivity index (χ3n) is 3.56. The predicted octanol–water partition coefficient (Wildman–Crippen LogP) is 0.457. The molecular formula is C19H32NNaO2. The number of carbonyl (C=O) groups excluding carboxylic acids is 1. The molecule has 4 heteroatoms. The molecule has 0 aromatic heterocycles. The molecule has 0 aliphatic carbocycles. The summed E-state index contributed by atoms with van der Waals surface area (Å²) < 4.78 is 0. The summed E-state index contributed by atoms with van der Waals surface area (Å²) in [4.78, 5) is 10.3. The third kappa shape index (κ3) is 16.3. The fourth-order valence-electron chi connectivity index (χ4n) is 2.16. The van der Waals surface area contributed by atoms with Crippen molar-refractivity contribution < 1.29 is 39.5 Å². The minimum Gasteiger partial charge on any atom is -0.548 e. The van der Waals surface area contributed by atoms with Crippen LogP contribution in [0.25, 0.3) is 0 Å².